The van der Waals surface area contributed by atoms with Gasteiger partial charge in [0.05, 0.1) is 5.69 Å². The van der Waals surface area contributed by atoms with Crippen LogP contribution in [-0.2, 0) is 0 Å². The number of aryl methyl sites for hydroxylation is 2. The van der Waals surface area contributed by atoms with Gasteiger partial charge in [0.1, 0.15) is 5.76 Å². The SMILES string of the molecule is CC[C@@H](N)c1ccccc1Sc1nc(C)c(C)o1. The lowest BCUT2D eigenvalue weighted by atomic mass is 10.1. The molecule has 0 aliphatic rings. The molecular weight excluding hydrogens is 244 g/mol. The van der Waals surface area contributed by atoms with Gasteiger partial charge in [0.2, 0.25) is 0 Å². The standard InChI is InChI=1S/C14H18N2OS/c1-4-12(15)11-7-5-6-8-13(11)18-14-16-9(2)10(3)17-14/h5-8,12H,4,15H2,1-3H3/t12-/m1/s1. The molecule has 0 bridgehead atoms. The summed E-state index contributed by atoms with van der Waals surface area (Å²) in [5.41, 5.74) is 8.21. The van der Waals surface area contributed by atoms with Crippen molar-refractivity contribution in [1.29, 1.82) is 0 Å². The van der Waals surface area contributed by atoms with Gasteiger partial charge in [0.15, 0.2) is 0 Å². The molecule has 18 heavy (non-hydrogen) atoms. The van der Waals surface area contributed by atoms with Crippen LogP contribution in [0, 0.1) is 13.8 Å². The van der Waals surface area contributed by atoms with Crippen LogP contribution in [0.1, 0.15) is 36.4 Å². The first kappa shape index (κ1) is 13.2. The van der Waals surface area contributed by atoms with Crippen LogP contribution in [0.15, 0.2) is 38.8 Å². The third-order valence-electron chi connectivity index (χ3n) is 2.96. The van der Waals surface area contributed by atoms with Crippen LogP contribution >= 0.6 is 11.8 Å². The predicted octanol–water partition coefficient (Wildman–Crippen LogP) is 3.85. The maximum atomic E-state index is 6.12. The first-order valence-corrected chi connectivity index (χ1v) is 6.89. The molecule has 4 heteroatoms. The lowest BCUT2D eigenvalue weighted by molar-refractivity contribution is 0.431. The Bertz CT molecular complexity index is 517. The Hall–Kier alpha value is -1.26. The van der Waals surface area contributed by atoms with Gasteiger partial charge in [-0.15, -0.1) is 0 Å². The number of aromatic nitrogens is 1. The number of nitrogens with zero attached hydrogens (tertiary/aromatic N) is 1. The highest BCUT2D eigenvalue weighted by atomic mass is 32.2. The van der Waals surface area contributed by atoms with E-state index in [2.05, 4.69) is 24.0 Å². The van der Waals surface area contributed by atoms with Crippen LogP contribution in [-0.4, -0.2) is 4.98 Å². The lowest BCUT2D eigenvalue weighted by Crippen LogP contribution is -2.09. The van der Waals surface area contributed by atoms with Gasteiger partial charge in [0.25, 0.3) is 5.22 Å². The minimum atomic E-state index is 0.0610. The molecule has 0 aliphatic heterocycles. The molecule has 1 atom stereocenters. The molecule has 1 heterocycles. The fraction of sp³-hybridized carbons (Fsp3) is 0.357. The zero-order valence-electron chi connectivity index (χ0n) is 10.9. The van der Waals surface area contributed by atoms with E-state index in [0.717, 1.165) is 28.3 Å². The Morgan fingerprint density at radius 1 is 1.33 bits per heavy atom. The average Bonchev–Trinajstić information content (AvgIpc) is 2.68. The zero-order valence-corrected chi connectivity index (χ0v) is 11.8. The molecule has 0 saturated heterocycles. The van der Waals surface area contributed by atoms with Crippen molar-refractivity contribution in [3.63, 3.8) is 0 Å². The van der Waals surface area contributed by atoms with E-state index in [1.54, 1.807) is 0 Å². The van der Waals surface area contributed by atoms with Gasteiger partial charge >= 0.3 is 0 Å². The van der Waals surface area contributed by atoms with E-state index in [0.29, 0.717) is 5.22 Å². The molecular formula is C14H18N2OS. The minimum Gasteiger partial charge on any atom is -0.436 e. The summed E-state index contributed by atoms with van der Waals surface area (Å²) in [6, 6.07) is 8.22. The normalized spacial score (nSPS) is 12.7. The summed E-state index contributed by atoms with van der Waals surface area (Å²) >= 11 is 1.54. The first-order valence-electron chi connectivity index (χ1n) is 6.08. The highest BCUT2D eigenvalue weighted by molar-refractivity contribution is 7.99. The second-order valence-electron chi connectivity index (χ2n) is 4.28. The monoisotopic (exact) mass is 262 g/mol. The maximum absolute atomic E-state index is 6.12. The van der Waals surface area contributed by atoms with Crippen LogP contribution in [0.5, 0.6) is 0 Å². The van der Waals surface area contributed by atoms with Crippen molar-refractivity contribution in [2.24, 2.45) is 5.73 Å². The molecule has 1 aromatic heterocycles. The van der Waals surface area contributed by atoms with E-state index < -0.39 is 0 Å². The topological polar surface area (TPSA) is 52.0 Å². The molecule has 0 aliphatic carbocycles. The van der Waals surface area contributed by atoms with Crippen molar-refractivity contribution in [2.75, 3.05) is 0 Å². The van der Waals surface area contributed by atoms with Crippen LogP contribution in [0.3, 0.4) is 0 Å². The number of hydrogen-bond acceptors (Lipinski definition) is 4. The summed E-state index contributed by atoms with van der Waals surface area (Å²) < 4.78 is 5.60. The Kier molecular flexibility index (Phi) is 4.09. The molecule has 2 aromatic rings. The summed E-state index contributed by atoms with van der Waals surface area (Å²) in [4.78, 5) is 5.51. The maximum Gasteiger partial charge on any atom is 0.261 e. The van der Waals surface area contributed by atoms with Crippen molar-refractivity contribution < 1.29 is 4.42 Å². The smallest absolute Gasteiger partial charge is 0.261 e. The number of benzene rings is 1. The second-order valence-corrected chi connectivity index (χ2v) is 5.27. The Labute approximate surface area is 112 Å². The van der Waals surface area contributed by atoms with Crippen LogP contribution in [0.25, 0.3) is 0 Å². The van der Waals surface area contributed by atoms with E-state index in [1.807, 2.05) is 26.0 Å². The van der Waals surface area contributed by atoms with Crippen LogP contribution in [0.2, 0.25) is 0 Å². The van der Waals surface area contributed by atoms with Gasteiger partial charge in [-0.25, -0.2) is 4.98 Å². The van der Waals surface area contributed by atoms with Gasteiger partial charge in [-0.1, -0.05) is 25.1 Å². The van der Waals surface area contributed by atoms with E-state index in [4.69, 9.17) is 10.2 Å². The lowest BCUT2D eigenvalue weighted by Gasteiger charge is -2.12. The molecule has 3 nitrogen and oxygen atoms in total. The Morgan fingerprint density at radius 2 is 2.06 bits per heavy atom. The Balaban J connectivity index is 2.28. The zero-order chi connectivity index (χ0) is 13.1. The fourth-order valence-electron chi connectivity index (χ4n) is 1.68. The Morgan fingerprint density at radius 3 is 2.67 bits per heavy atom. The van der Waals surface area contributed by atoms with E-state index in [1.165, 1.54) is 11.8 Å². The first-order chi connectivity index (χ1) is 8.61. The molecule has 0 saturated carbocycles. The quantitative estimate of drug-likeness (QED) is 0.909. The summed E-state index contributed by atoms with van der Waals surface area (Å²) in [7, 11) is 0. The van der Waals surface area contributed by atoms with Crippen molar-refractivity contribution in [3.8, 4) is 0 Å². The molecule has 0 spiro atoms. The number of hydrogen-bond donors (Lipinski definition) is 1. The van der Waals surface area contributed by atoms with Gasteiger partial charge in [0, 0.05) is 10.9 Å². The molecule has 2 N–H and O–H groups in total. The molecule has 0 amide bonds. The summed E-state index contributed by atoms with van der Waals surface area (Å²) in [5, 5.41) is 0.681. The van der Waals surface area contributed by atoms with Crippen molar-refractivity contribution in [2.45, 2.75) is 43.4 Å². The largest absolute Gasteiger partial charge is 0.436 e. The number of nitrogens with two attached hydrogens (primary N) is 1. The summed E-state index contributed by atoms with van der Waals surface area (Å²) in [6.45, 7) is 5.97. The van der Waals surface area contributed by atoms with Crippen molar-refractivity contribution in [3.05, 3.63) is 41.3 Å². The molecule has 0 radical (unpaired) electrons. The van der Waals surface area contributed by atoms with Gasteiger partial charge in [-0.3, -0.25) is 0 Å². The van der Waals surface area contributed by atoms with Crippen LogP contribution < -0.4 is 5.73 Å². The molecule has 2 rings (SSSR count). The average molecular weight is 262 g/mol. The summed E-state index contributed by atoms with van der Waals surface area (Å²) in [6.07, 6.45) is 0.918. The van der Waals surface area contributed by atoms with E-state index in [9.17, 15) is 0 Å². The van der Waals surface area contributed by atoms with E-state index >= 15 is 0 Å². The van der Waals surface area contributed by atoms with Gasteiger partial charge in [-0.05, 0) is 43.7 Å². The third kappa shape index (κ3) is 2.76. The molecule has 0 unspecified atom stereocenters. The second kappa shape index (κ2) is 5.59. The van der Waals surface area contributed by atoms with Gasteiger partial charge < -0.3 is 10.2 Å². The highest BCUT2D eigenvalue weighted by Crippen LogP contribution is 2.33. The molecule has 96 valence electrons. The van der Waals surface area contributed by atoms with Gasteiger partial charge in [-0.2, -0.15) is 0 Å². The highest BCUT2D eigenvalue weighted by Gasteiger charge is 2.13. The fourth-order valence-corrected chi connectivity index (χ4v) is 2.70. The van der Waals surface area contributed by atoms with Crippen molar-refractivity contribution >= 4 is 11.8 Å². The summed E-state index contributed by atoms with van der Waals surface area (Å²) in [5.74, 6) is 0.870. The number of oxazole rings is 1. The van der Waals surface area contributed by atoms with E-state index in [-0.39, 0.29) is 6.04 Å². The van der Waals surface area contributed by atoms with Crippen molar-refractivity contribution in [1.82, 2.24) is 4.98 Å². The predicted molar refractivity (Wildman–Crippen MR) is 73.8 cm³/mol. The van der Waals surface area contributed by atoms with Crippen LogP contribution in [0.4, 0.5) is 0 Å². The molecule has 1 aromatic carbocycles. The third-order valence-corrected chi connectivity index (χ3v) is 3.91. The molecule has 0 fully saturated rings. The minimum absolute atomic E-state index is 0.0610. The number of rotatable bonds is 4.